The van der Waals surface area contributed by atoms with Crippen LogP contribution >= 0.6 is 0 Å². The van der Waals surface area contributed by atoms with E-state index in [1.807, 2.05) is 19.1 Å². The van der Waals surface area contributed by atoms with Crippen LogP contribution in [0.15, 0.2) is 23.0 Å². The highest BCUT2D eigenvalue weighted by molar-refractivity contribution is 5.91. The van der Waals surface area contributed by atoms with Crippen molar-refractivity contribution in [2.24, 2.45) is 5.73 Å². The van der Waals surface area contributed by atoms with Gasteiger partial charge < -0.3 is 39.7 Å². The number of amides is 1. The monoisotopic (exact) mass is 550 g/mol. The lowest BCUT2D eigenvalue weighted by atomic mass is 9.86. The molecule has 0 aliphatic carbocycles. The van der Waals surface area contributed by atoms with Gasteiger partial charge in [-0.25, -0.2) is 9.78 Å². The van der Waals surface area contributed by atoms with E-state index in [9.17, 15) is 19.5 Å². The average Bonchev–Trinajstić information content (AvgIpc) is 3.56. The van der Waals surface area contributed by atoms with Crippen molar-refractivity contribution in [1.29, 1.82) is 0 Å². The summed E-state index contributed by atoms with van der Waals surface area (Å²) in [6, 6.07) is 5.43. The number of carbonyl (C=O) groups excluding carboxylic acids is 2. The molecular formula is C28H30N4O8. The van der Waals surface area contributed by atoms with Crippen molar-refractivity contribution < 1.29 is 33.6 Å². The zero-order valence-corrected chi connectivity index (χ0v) is 22.2. The summed E-state index contributed by atoms with van der Waals surface area (Å²) in [4.78, 5) is 42.5. The van der Waals surface area contributed by atoms with Gasteiger partial charge in [0, 0.05) is 22.6 Å². The highest BCUT2D eigenvalue weighted by atomic mass is 16.7. The highest BCUT2D eigenvalue weighted by Crippen LogP contribution is 2.43. The van der Waals surface area contributed by atoms with Crippen LogP contribution in [0.4, 0.5) is 0 Å². The molecule has 0 unspecified atom stereocenters. The van der Waals surface area contributed by atoms with Crippen molar-refractivity contribution in [3.8, 4) is 22.9 Å². The molecule has 1 amide bonds. The maximum atomic E-state index is 13.6. The van der Waals surface area contributed by atoms with Crippen molar-refractivity contribution >= 4 is 22.8 Å². The third kappa shape index (κ3) is 4.10. The lowest BCUT2D eigenvalue weighted by Gasteiger charge is -2.31. The van der Waals surface area contributed by atoms with Gasteiger partial charge in [0.2, 0.25) is 12.7 Å². The first-order chi connectivity index (χ1) is 19.2. The molecule has 0 saturated carbocycles. The van der Waals surface area contributed by atoms with Gasteiger partial charge in [0.15, 0.2) is 17.1 Å². The molecule has 0 spiro atoms. The number of hydrogen-bond donors (Lipinski definition) is 3. The number of fused-ring (bicyclic) bond motifs is 6. The summed E-state index contributed by atoms with van der Waals surface area (Å²) in [6.07, 6.45) is 1.10. The van der Waals surface area contributed by atoms with Gasteiger partial charge in [-0.3, -0.25) is 9.59 Å². The first-order valence-corrected chi connectivity index (χ1v) is 13.3. The van der Waals surface area contributed by atoms with Gasteiger partial charge in [0.1, 0.15) is 13.3 Å². The number of pyridine rings is 2. The lowest BCUT2D eigenvalue weighted by molar-refractivity contribution is -0.172. The topological polar surface area (TPSA) is 164 Å². The molecular weight excluding hydrogens is 520 g/mol. The van der Waals surface area contributed by atoms with Crippen LogP contribution in [0.5, 0.6) is 11.5 Å². The number of esters is 1. The summed E-state index contributed by atoms with van der Waals surface area (Å²) in [5.74, 6) is 0.147. The number of benzene rings is 1. The van der Waals surface area contributed by atoms with Crippen molar-refractivity contribution in [2.45, 2.75) is 58.0 Å². The van der Waals surface area contributed by atoms with Gasteiger partial charge in [-0.2, -0.15) is 0 Å². The third-order valence-corrected chi connectivity index (χ3v) is 7.92. The Morgan fingerprint density at radius 1 is 1.23 bits per heavy atom. The van der Waals surface area contributed by atoms with E-state index in [0.717, 1.165) is 16.5 Å². The second kappa shape index (κ2) is 9.88. The van der Waals surface area contributed by atoms with Crippen molar-refractivity contribution in [3.05, 3.63) is 50.8 Å². The molecule has 12 nitrogen and oxygen atoms in total. The quantitative estimate of drug-likeness (QED) is 0.214. The Labute approximate surface area is 229 Å². The number of nitrogens with one attached hydrogen (secondary N) is 1. The van der Waals surface area contributed by atoms with Crippen molar-refractivity contribution in [3.63, 3.8) is 0 Å². The molecule has 12 heteroatoms. The fraction of sp³-hybridized carbons (Fsp3) is 0.429. The minimum atomic E-state index is -1.90. The van der Waals surface area contributed by atoms with Gasteiger partial charge in [-0.15, -0.1) is 0 Å². The molecule has 2 atom stereocenters. The first-order valence-electron chi connectivity index (χ1n) is 13.3. The maximum Gasteiger partial charge on any atom is 0.343 e. The summed E-state index contributed by atoms with van der Waals surface area (Å²) in [5.41, 5.74) is 7.34. The van der Waals surface area contributed by atoms with E-state index >= 15 is 0 Å². The number of cyclic esters (lactones) is 1. The number of rotatable bonds is 8. The van der Waals surface area contributed by atoms with Crippen LogP contribution in [-0.4, -0.2) is 52.7 Å². The summed E-state index contributed by atoms with van der Waals surface area (Å²) >= 11 is 0. The summed E-state index contributed by atoms with van der Waals surface area (Å²) < 4.78 is 23.8. The molecule has 0 saturated heterocycles. The van der Waals surface area contributed by atoms with Crippen LogP contribution in [-0.2, 0) is 44.2 Å². The number of aryl methyl sites for hydroxylation is 1. The molecule has 1 aromatic carbocycles. The summed E-state index contributed by atoms with van der Waals surface area (Å²) in [5, 5.41) is 14.7. The Morgan fingerprint density at radius 3 is 2.75 bits per heavy atom. The Hall–Kier alpha value is -4.00. The predicted octanol–water partition coefficient (Wildman–Crippen LogP) is 1.18. The minimum absolute atomic E-state index is 0.0542. The molecule has 2 aromatic heterocycles. The summed E-state index contributed by atoms with van der Waals surface area (Å²) in [7, 11) is 0. The Morgan fingerprint density at radius 2 is 2.00 bits per heavy atom. The normalized spacial score (nSPS) is 19.1. The molecule has 3 aromatic rings. The van der Waals surface area contributed by atoms with Crippen LogP contribution in [0.1, 0.15) is 48.9 Å². The van der Waals surface area contributed by atoms with Gasteiger partial charge in [0.25, 0.3) is 5.56 Å². The average molecular weight is 551 g/mol. The van der Waals surface area contributed by atoms with E-state index in [0.29, 0.717) is 41.2 Å². The molecule has 3 aliphatic rings. The Kier molecular flexibility index (Phi) is 6.48. The van der Waals surface area contributed by atoms with Crippen LogP contribution in [0.3, 0.4) is 0 Å². The fourth-order valence-corrected chi connectivity index (χ4v) is 5.61. The first kappa shape index (κ1) is 26.2. The highest BCUT2D eigenvalue weighted by Gasteiger charge is 2.45. The van der Waals surface area contributed by atoms with E-state index in [4.69, 9.17) is 29.7 Å². The zero-order valence-electron chi connectivity index (χ0n) is 22.2. The van der Waals surface area contributed by atoms with Crippen LogP contribution in [0.25, 0.3) is 22.3 Å². The third-order valence-electron chi connectivity index (χ3n) is 7.92. The van der Waals surface area contributed by atoms with Gasteiger partial charge in [0.05, 0.1) is 41.7 Å². The van der Waals surface area contributed by atoms with Crippen LogP contribution < -0.4 is 26.1 Å². The van der Waals surface area contributed by atoms with Crippen molar-refractivity contribution in [2.75, 3.05) is 20.1 Å². The van der Waals surface area contributed by atoms with Gasteiger partial charge in [-0.1, -0.05) is 6.92 Å². The number of ether oxygens (including phenoxy) is 4. The second-order valence-electron chi connectivity index (χ2n) is 10.2. The van der Waals surface area contributed by atoms with E-state index in [-0.39, 0.29) is 68.3 Å². The van der Waals surface area contributed by atoms with Crippen LogP contribution in [0.2, 0.25) is 0 Å². The zero-order chi connectivity index (χ0) is 28.2. The number of hydrogen-bond acceptors (Lipinski definition) is 10. The SMILES string of the molecule is CC[C@@]1(O)C(=O)OCc2c1cc1n(c2=O)Cc2c-1nc1cc3c(cc1c2CC[C@H](C)OCNC(=O)CN)OCO3. The number of aliphatic hydroxyl groups is 1. The molecule has 0 bridgehead atoms. The molecule has 40 heavy (non-hydrogen) atoms. The molecule has 0 fully saturated rings. The van der Waals surface area contributed by atoms with E-state index < -0.39 is 11.6 Å². The molecule has 6 rings (SSSR count). The number of carbonyl (C=O) groups is 2. The number of nitrogens with two attached hydrogens (primary N) is 1. The van der Waals surface area contributed by atoms with Gasteiger partial charge in [-0.05, 0) is 43.9 Å². The fourth-order valence-electron chi connectivity index (χ4n) is 5.61. The van der Waals surface area contributed by atoms with E-state index in [1.54, 1.807) is 17.6 Å². The Balaban J connectivity index is 1.43. The minimum Gasteiger partial charge on any atom is -0.458 e. The van der Waals surface area contributed by atoms with E-state index in [2.05, 4.69) is 5.32 Å². The molecule has 0 radical (unpaired) electrons. The predicted molar refractivity (Wildman–Crippen MR) is 142 cm³/mol. The summed E-state index contributed by atoms with van der Waals surface area (Å²) in [6.45, 7) is 3.75. The molecule has 4 N–H and O–H groups in total. The Bertz CT molecular complexity index is 1620. The number of aromatic nitrogens is 2. The van der Waals surface area contributed by atoms with Crippen molar-refractivity contribution in [1.82, 2.24) is 14.9 Å². The largest absolute Gasteiger partial charge is 0.458 e. The maximum absolute atomic E-state index is 13.6. The standard InChI is InChI=1S/C28H30N4O8/c1-3-28(36)19-7-21-25-17(10-32(21)26(34)18(19)11-37-27(28)35)15(5-4-14(2)38-12-30-24(33)9-29)16-6-22-23(40-13-39-22)8-20(16)31-25/h6-8,14,36H,3-5,9-13,29H2,1-2H3,(H,30,33)/t14-,28-/m0/s1. The molecule has 3 aliphatic heterocycles. The lowest BCUT2D eigenvalue weighted by Crippen LogP contribution is -2.44. The number of nitrogens with zero attached hydrogens (tertiary/aromatic N) is 2. The van der Waals surface area contributed by atoms with Gasteiger partial charge >= 0.3 is 5.97 Å². The second-order valence-corrected chi connectivity index (χ2v) is 10.2. The smallest absolute Gasteiger partial charge is 0.343 e. The van der Waals surface area contributed by atoms with E-state index in [1.165, 1.54) is 0 Å². The van der Waals surface area contributed by atoms with Crippen LogP contribution in [0, 0.1) is 0 Å². The molecule has 210 valence electrons. The molecule has 5 heterocycles.